The number of amides is 1. The van der Waals surface area contributed by atoms with Gasteiger partial charge in [0.25, 0.3) is 10.0 Å². The van der Waals surface area contributed by atoms with Crippen LogP contribution in [0, 0.1) is 13.8 Å². The molecule has 32 heavy (non-hydrogen) atoms. The first kappa shape index (κ1) is 23.8. The van der Waals surface area contributed by atoms with E-state index in [9.17, 15) is 13.2 Å². The fourth-order valence-electron chi connectivity index (χ4n) is 3.33. The number of nitrogens with one attached hydrogen (secondary N) is 1. The van der Waals surface area contributed by atoms with E-state index in [-0.39, 0.29) is 17.3 Å². The normalized spacial score (nSPS) is 11.2. The lowest BCUT2D eigenvalue weighted by atomic mass is 10.1. The van der Waals surface area contributed by atoms with Crippen LogP contribution in [0.4, 0.5) is 5.69 Å². The summed E-state index contributed by atoms with van der Waals surface area (Å²) in [6.45, 7) is 3.90. The summed E-state index contributed by atoms with van der Waals surface area (Å²) in [4.78, 5) is 12.8. The summed E-state index contributed by atoms with van der Waals surface area (Å²) in [5, 5.41) is 3.53. The number of benzene rings is 3. The second-order valence-electron chi connectivity index (χ2n) is 7.71. The van der Waals surface area contributed by atoms with E-state index in [4.69, 9.17) is 11.6 Å². The Kier molecular flexibility index (Phi) is 7.94. The molecule has 7 heteroatoms. The Balaban J connectivity index is 1.72. The maximum absolute atomic E-state index is 13.4. The lowest BCUT2D eigenvalue weighted by Gasteiger charge is -2.24. The fourth-order valence-corrected chi connectivity index (χ4v) is 4.97. The molecule has 0 bridgehead atoms. The number of carbonyl (C=O) groups is 1. The molecule has 0 saturated heterocycles. The number of hydrogen-bond donors (Lipinski definition) is 1. The van der Waals surface area contributed by atoms with Crippen LogP contribution in [0.2, 0.25) is 5.02 Å². The first-order valence-corrected chi connectivity index (χ1v) is 12.3. The molecule has 3 aromatic carbocycles. The summed E-state index contributed by atoms with van der Waals surface area (Å²) in [6.07, 6.45) is 1.42. The molecule has 0 aliphatic heterocycles. The maximum Gasteiger partial charge on any atom is 0.264 e. The summed E-state index contributed by atoms with van der Waals surface area (Å²) >= 11 is 6.17. The third-order valence-corrected chi connectivity index (χ3v) is 7.25. The van der Waals surface area contributed by atoms with E-state index in [1.54, 1.807) is 42.5 Å². The topological polar surface area (TPSA) is 66.5 Å². The molecular formula is C25H27ClN2O3S. The van der Waals surface area contributed by atoms with Gasteiger partial charge in [-0.1, -0.05) is 59.6 Å². The lowest BCUT2D eigenvalue weighted by Crippen LogP contribution is -2.41. The summed E-state index contributed by atoms with van der Waals surface area (Å²) < 4.78 is 27.9. The van der Waals surface area contributed by atoms with Gasteiger partial charge in [-0.3, -0.25) is 9.10 Å². The number of hydrogen-bond acceptors (Lipinski definition) is 3. The van der Waals surface area contributed by atoms with Crippen molar-refractivity contribution in [3.05, 3.63) is 94.5 Å². The van der Waals surface area contributed by atoms with E-state index >= 15 is 0 Å². The quantitative estimate of drug-likeness (QED) is 0.452. The third-order valence-electron chi connectivity index (χ3n) is 5.09. The highest BCUT2D eigenvalue weighted by Gasteiger charge is 2.27. The molecule has 0 aliphatic rings. The zero-order valence-corrected chi connectivity index (χ0v) is 19.8. The SMILES string of the molecule is Cc1ccc(S(=O)(=O)N(CC(=O)NCCCc2ccccc2Cl)c2cccc(C)c2)cc1. The number of halogens is 1. The zero-order valence-electron chi connectivity index (χ0n) is 18.2. The van der Waals surface area contributed by atoms with Crippen LogP contribution in [-0.4, -0.2) is 27.4 Å². The van der Waals surface area contributed by atoms with Crippen molar-refractivity contribution in [2.45, 2.75) is 31.6 Å². The van der Waals surface area contributed by atoms with E-state index in [2.05, 4.69) is 5.32 Å². The van der Waals surface area contributed by atoms with Gasteiger partial charge >= 0.3 is 0 Å². The first-order valence-electron chi connectivity index (χ1n) is 10.4. The molecule has 0 saturated carbocycles. The van der Waals surface area contributed by atoms with Crippen molar-refractivity contribution in [3.8, 4) is 0 Å². The van der Waals surface area contributed by atoms with Crippen LogP contribution < -0.4 is 9.62 Å². The highest BCUT2D eigenvalue weighted by molar-refractivity contribution is 7.92. The van der Waals surface area contributed by atoms with Gasteiger partial charge in [0.1, 0.15) is 6.54 Å². The number of anilines is 1. The van der Waals surface area contributed by atoms with Crippen molar-refractivity contribution in [3.63, 3.8) is 0 Å². The van der Waals surface area contributed by atoms with Gasteiger partial charge in [0, 0.05) is 11.6 Å². The number of aryl methyl sites for hydroxylation is 3. The van der Waals surface area contributed by atoms with Crippen LogP contribution in [0.15, 0.2) is 77.7 Å². The Bertz CT molecular complexity index is 1180. The van der Waals surface area contributed by atoms with Gasteiger partial charge in [0.15, 0.2) is 0 Å². The highest BCUT2D eigenvalue weighted by Crippen LogP contribution is 2.24. The van der Waals surface area contributed by atoms with Gasteiger partial charge in [-0.15, -0.1) is 0 Å². The molecule has 0 aliphatic carbocycles. The average molecular weight is 471 g/mol. The van der Waals surface area contributed by atoms with Crippen LogP contribution in [-0.2, 0) is 21.2 Å². The molecular weight excluding hydrogens is 444 g/mol. The van der Waals surface area contributed by atoms with E-state index in [1.807, 2.05) is 44.2 Å². The van der Waals surface area contributed by atoms with Crippen LogP contribution in [0.3, 0.4) is 0 Å². The third kappa shape index (κ3) is 6.11. The lowest BCUT2D eigenvalue weighted by molar-refractivity contribution is -0.119. The number of sulfonamides is 1. The van der Waals surface area contributed by atoms with Gasteiger partial charge < -0.3 is 5.32 Å². The van der Waals surface area contributed by atoms with E-state index in [0.717, 1.165) is 27.4 Å². The van der Waals surface area contributed by atoms with Gasteiger partial charge in [-0.25, -0.2) is 8.42 Å². The molecule has 0 radical (unpaired) electrons. The van der Waals surface area contributed by atoms with Crippen LogP contribution in [0.1, 0.15) is 23.1 Å². The summed E-state index contributed by atoms with van der Waals surface area (Å²) in [5.41, 5.74) is 3.35. The Morgan fingerprint density at radius 2 is 1.66 bits per heavy atom. The first-order chi connectivity index (χ1) is 15.3. The highest BCUT2D eigenvalue weighted by atomic mass is 35.5. The number of rotatable bonds is 9. The Morgan fingerprint density at radius 3 is 2.34 bits per heavy atom. The van der Waals surface area contributed by atoms with E-state index in [1.165, 1.54) is 0 Å². The summed E-state index contributed by atoms with van der Waals surface area (Å²) in [6, 6.07) is 21.3. The van der Waals surface area contributed by atoms with Crippen molar-refractivity contribution in [1.29, 1.82) is 0 Å². The Labute approximate surface area is 195 Å². The standard InChI is InChI=1S/C25H27ClN2O3S/c1-19-12-14-23(15-13-19)32(30,31)28(22-10-5-7-20(2)17-22)18-25(29)27-16-6-9-21-8-3-4-11-24(21)26/h3-5,7-8,10-15,17H,6,9,16,18H2,1-2H3,(H,27,29). The zero-order chi connectivity index (χ0) is 23.1. The minimum Gasteiger partial charge on any atom is -0.355 e. The molecule has 0 fully saturated rings. The van der Waals surface area contributed by atoms with E-state index < -0.39 is 10.0 Å². The summed E-state index contributed by atoms with van der Waals surface area (Å²) in [7, 11) is -3.91. The molecule has 0 unspecified atom stereocenters. The van der Waals surface area contributed by atoms with Crippen LogP contribution >= 0.6 is 11.6 Å². The van der Waals surface area contributed by atoms with Crippen molar-refractivity contribution in [2.75, 3.05) is 17.4 Å². The molecule has 3 rings (SSSR count). The fraction of sp³-hybridized carbons (Fsp3) is 0.240. The maximum atomic E-state index is 13.4. The molecule has 168 valence electrons. The van der Waals surface area contributed by atoms with Gasteiger partial charge in [0.05, 0.1) is 10.6 Å². The molecule has 0 atom stereocenters. The van der Waals surface area contributed by atoms with Crippen LogP contribution in [0.25, 0.3) is 0 Å². The minimum atomic E-state index is -3.91. The second kappa shape index (κ2) is 10.7. The largest absolute Gasteiger partial charge is 0.355 e. The molecule has 0 heterocycles. The number of nitrogens with zero attached hydrogens (tertiary/aromatic N) is 1. The second-order valence-corrected chi connectivity index (χ2v) is 9.98. The minimum absolute atomic E-state index is 0.149. The predicted octanol–water partition coefficient (Wildman–Crippen LogP) is 4.90. The van der Waals surface area contributed by atoms with Crippen molar-refractivity contribution >= 4 is 33.2 Å². The smallest absolute Gasteiger partial charge is 0.264 e. The van der Waals surface area contributed by atoms with Crippen molar-refractivity contribution in [2.24, 2.45) is 0 Å². The Morgan fingerprint density at radius 1 is 0.938 bits per heavy atom. The van der Waals surface area contributed by atoms with E-state index in [0.29, 0.717) is 23.7 Å². The summed E-state index contributed by atoms with van der Waals surface area (Å²) in [5.74, 6) is -0.360. The number of carbonyl (C=O) groups excluding carboxylic acids is 1. The molecule has 5 nitrogen and oxygen atoms in total. The molecule has 3 aromatic rings. The molecule has 1 amide bonds. The van der Waals surface area contributed by atoms with Crippen molar-refractivity contribution in [1.82, 2.24) is 5.32 Å². The molecule has 1 N–H and O–H groups in total. The monoisotopic (exact) mass is 470 g/mol. The van der Waals surface area contributed by atoms with Gasteiger partial charge in [-0.05, 0) is 68.1 Å². The Hall–Kier alpha value is -2.83. The van der Waals surface area contributed by atoms with Gasteiger partial charge in [-0.2, -0.15) is 0 Å². The average Bonchev–Trinajstić information content (AvgIpc) is 2.76. The van der Waals surface area contributed by atoms with Crippen molar-refractivity contribution < 1.29 is 13.2 Å². The van der Waals surface area contributed by atoms with Crippen LogP contribution in [0.5, 0.6) is 0 Å². The molecule has 0 aromatic heterocycles. The van der Waals surface area contributed by atoms with Gasteiger partial charge in [0.2, 0.25) is 5.91 Å². The molecule has 0 spiro atoms. The predicted molar refractivity (Wildman–Crippen MR) is 130 cm³/mol.